The second-order valence-corrected chi connectivity index (χ2v) is 6.79. The number of rotatable bonds is 7. The van der Waals surface area contributed by atoms with Gasteiger partial charge < -0.3 is 5.32 Å². The zero-order valence-electron chi connectivity index (χ0n) is 8.69. The van der Waals surface area contributed by atoms with Crippen LogP contribution in [0.2, 0.25) is 4.34 Å². The van der Waals surface area contributed by atoms with Gasteiger partial charge in [-0.1, -0.05) is 11.6 Å². The van der Waals surface area contributed by atoms with Crippen molar-refractivity contribution in [2.75, 3.05) is 18.6 Å². The van der Waals surface area contributed by atoms with E-state index >= 15 is 0 Å². The Bertz CT molecular complexity index is 271. The number of hydrogen-bond acceptors (Lipinski definition) is 3. The predicted molar refractivity (Wildman–Crippen MR) is 76.4 cm³/mol. The molecule has 0 aliphatic carbocycles. The molecule has 0 fully saturated rings. The molecule has 1 N–H and O–H groups in total. The van der Waals surface area contributed by atoms with Gasteiger partial charge in [-0.05, 0) is 53.4 Å². The molecule has 0 aliphatic rings. The molecule has 1 heterocycles. The summed E-state index contributed by atoms with van der Waals surface area (Å²) in [5.41, 5.74) is 0. The molecule has 0 saturated carbocycles. The molecule has 0 bridgehead atoms. The Kier molecular flexibility index (Phi) is 7.34. The van der Waals surface area contributed by atoms with Crippen LogP contribution in [0.5, 0.6) is 0 Å². The van der Waals surface area contributed by atoms with E-state index in [4.69, 9.17) is 11.6 Å². The molecule has 0 saturated heterocycles. The molecule has 1 aromatic rings. The molecule has 1 rings (SSSR count). The second-order valence-electron chi connectivity index (χ2n) is 3.21. The standard InChI is InChI=1S/C10H15BrClNS2/c1-14-5-3-2-4-13-7-8-6-9(11)10(12)15-8/h6,13H,2-5,7H2,1H3. The zero-order chi connectivity index (χ0) is 11.1. The molecule has 86 valence electrons. The first-order chi connectivity index (χ1) is 7.24. The van der Waals surface area contributed by atoms with Gasteiger partial charge in [0.25, 0.3) is 0 Å². The van der Waals surface area contributed by atoms with Crippen LogP contribution in [0.4, 0.5) is 0 Å². The Hall–Kier alpha value is 0.780. The molecule has 15 heavy (non-hydrogen) atoms. The number of thiophene rings is 1. The fourth-order valence-corrected chi connectivity index (χ4v) is 3.44. The number of hydrogen-bond donors (Lipinski definition) is 1. The lowest BCUT2D eigenvalue weighted by Crippen LogP contribution is -2.13. The Morgan fingerprint density at radius 1 is 1.53 bits per heavy atom. The fraction of sp³-hybridized carbons (Fsp3) is 0.600. The maximum atomic E-state index is 5.95. The number of nitrogens with one attached hydrogen (secondary N) is 1. The van der Waals surface area contributed by atoms with Gasteiger partial charge in [0, 0.05) is 15.9 Å². The van der Waals surface area contributed by atoms with Crippen molar-refractivity contribution in [3.63, 3.8) is 0 Å². The third-order valence-electron chi connectivity index (χ3n) is 1.95. The third kappa shape index (κ3) is 5.59. The number of unbranched alkanes of at least 4 members (excludes halogenated alkanes) is 1. The SMILES string of the molecule is CSCCCCNCc1cc(Br)c(Cl)s1. The van der Waals surface area contributed by atoms with Crippen molar-refractivity contribution in [3.05, 3.63) is 19.8 Å². The van der Waals surface area contributed by atoms with E-state index < -0.39 is 0 Å². The molecule has 0 unspecified atom stereocenters. The first-order valence-corrected chi connectivity index (χ1v) is 8.25. The maximum absolute atomic E-state index is 5.95. The van der Waals surface area contributed by atoms with Gasteiger partial charge in [-0.3, -0.25) is 0 Å². The van der Waals surface area contributed by atoms with Crippen LogP contribution in [-0.2, 0) is 6.54 Å². The van der Waals surface area contributed by atoms with Crippen molar-refractivity contribution < 1.29 is 0 Å². The minimum Gasteiger partial charge on any atom is -0.312 e. The summed E-state index contributed by atoms with van der Waals surface area (Å²) in [5, 5.41) is 3.42. The second kappa shape index (κ2) is 7.96. The Morgan fingerprint density at radius 3 is 2.93 bits per heavy atom. The van der Waals surface area contributed by atoms with Gasteiger partial charge in [0.05, 0.1) is 0 Å². The van der Waals surface area contributed by atoms with Gasteiger partial charge in [0.2, 0.25) is 0 Å². The highest BCUT2D eigenvalue weighted by Gasteiger charge is 2.03. The minimum absolute atomic E-state index is 0.842. The largest absolute Gasteiger partial charge is 0.312 e. The lowest BCUT2D eigenvalue weighted by atomic mass is 10.3. The van der Waals surface area contributed by atoms with Gasteiger partial charge >= 0.3 is 0 Å². The molecule has 1 nitrogen and oxygen atoms in total. The average molecular weight is 329 g/mol. The lowest BCUT2D eigenvalue weighted by molar-refractivity contribution is 0.648. The van der Waals surface area contributed by atoms with Crippen molar-refractivity contribution in [2.45, 2.75) is 19.4 Å². The summed E-state index contributed by atoms with van der Waals surface area (Å²) in [5.74, 6) is 1.26. The highest BCUT2D eigenvalue weighted by atomic mass is 79.9. The van der Waals surface area contributed by atoms with E-state index in [0.29, 0.717) is 0 Å². The van der Waals surface area contributed by atoms with E-state index in [1.807, 2.05) is 11.8 Å². The van der Waals surface area contributed by atoms with Crippen molar-refractivity contribution >= 4 is 50.6 Å². The molecular formula is C10H15BrClNS2. The van der Waals surface area contributed by atoms with Gasteiger partial charge in [0.15, 0.2) is 0 Å². The average Bonchev–Trinajstić information content (AvgIpc) is 2.52. The van der Waals surface area contributed by atoms with E-state index in [-0.39, 0.29) is 0 Å². The number of halogens is 2. The van der Waals surface area contributed by atoms with Crippen LogP contribution >= 0.6 is 50.6 Å². The molecular weight excluding hydrogens is 314 g/mol. The quantitative estimate of drug-likeness (QED) is 0.745. The van der Waals surface area contributed by atoms with E-state index in [1.54, 1.807) is 11.3 Å². The zero-order valence-corrected chi connectivity index (χ0v) is 12.7. The van der Waals surface area contributed by atoms with Crippen LogP contribution in [0.3, 0.4) is 0 Å². The summed E-state index contributed by atoms with van der Waals surface area (Å²) in [6.07, 6.45) is 4.70. The van der Waals surface area contributed by atoms with Crippen LogP contribution in [0.1, 0.15) is 17.7 Å². The van der Waals surface area contributed by atoms with Crippen LogP contribution in [0.15, 0.2) is 10.5 Å². The summed E-state index contributed by atoms with van der Waals surface area (Å²) >= 11 is 12.9. The predicted octanol–water partition coefficient (Wildman–Crippen LogP) is 4.40. The molecule has 5 heteroatoms. The Morgan fingerprint density at radius 2 is 2.33 bits per heavy atom. The summed E-state index contributed by atoms with van der Waals surface area (Å²) in [7, 11) is 0. The van der Waals surface area contributed by atoms with Gasteiger partial charge in [-0.2, -0.15) is 11.8 Å². The topological polar surface area (TPSA) is 12.0 Å². The van der Waals surface area contributed by atoms with Gasteiger partial charge in [-0.15, -0.1) is 11.3 Å². The van der Waals surface area contributed by atoms with Crippen LogP contribution < -0.4 is 5.32 Å². The van der Waals surface area contributed by atoms with Gasteiger partial charge in [-0.25, -0.2) is 0 Å². The summed E-state index contributed by atoms with van der Waals surface area (Å²) < 4.78 is 1.85. The van der Waals surface area contributed by atoms with Crippen molar-refractivity contribution in [3.8, 4) is 0 Å². The minimum atomic E-state index is 0.842. The number of thioether (sulfide) groups is 1. The summed E-state index contributed by atoms with van der Waals surface area (Å²) in [6, 6.07) is 2.09. The Labute approximate surface area is 113 Å². The van der Waals surface area contributed by atoms with E-state index in [2.05, 4.69) is 33.6 Å². The van der Waals surface area contributed by atoms with Crippen LogP contribution in [0.25, 0.3) is 0 Å². The molecule has 0 atom stereocenters. The van der Waals surface area contributed by atoms with Crippen molar-refractivity contribution in [2.24, 2.45) is 0 Å². The van der Waals surface area contributed by atoms with E-state index in [0.717, 1.165) is 21.9 Å². The van der Waals surface area contributed by atoms with E-state index in [1.165, 1.54) is 23.5 Å². The monoisotopic (exact) mass is 327 g/mol. The molecule has 0 spiro atoms. The van der Waals surface area contributed by atoms with E-state index in [9.17, 15) is 0 Å². The Balaban J connectivity index is 2.10. The molecule has 1 aromatic heterocycles. The summed E-state index contributed by atoms with van der Waals surface area (Å²) in [4.78, 5) is 1.29. The smallest absolute Gasteiger partial charge is 0.107 e. The maximum Gasteiger partial charge on any atom is 0.107 e. The van der Waals surface area contributed by atoms with Crippen molar-refractivity contribution in [1.82, 2.24) is 5.32 Å². The molecule has 0 aromatic carbocycles. The highest BCUT2D eigenvalue weighted by molar-refractivity contribution is 9.10. The first kappa shape index (κ1) is 13.8. The lowest BCUT2D eigenvalue weighted by Gasteiger charge is -2.01. The normalized spacial score (nSPS) is 10.9. The summed E-state index contributed by atoms with van der Waals surface area (Å²) in [6.45, 7) is 2.02. The first-order valence-electron chi connectivity index (χ1n) is 4.87. The molecule has 0 amide bonds. The third-order valence-corrected chi connectivity index (χ3v) is 5.12. The van der Waals surface area contributed by atoms with Crippen LogP contribution in [0, 0.1) is 0 Å². The highest BCUT2D eigenvalue weighted by Crippen LogP contribution is 2.31. The fourth-order valence-electron chi connectivity index (χ4n) is 1.19. The molecule has 0 radical (unpaired) electrons. The van der Waals surface area contributed by atoms with Crippen molar-refractivity contribution in [1.29, 1.82) is 0 Å². The molecule has 0 aliphatic heterocycles. The van der Waals surface area contributed by atoms with Gasteiger partial charge in [0.1, 0.15) is 4.34 Å². The van der Waals surface area contributed by atoms with Crippen LogP contribution in [-0.4, -0.2) is 18.6 Å².